The van der Waals surface area contributed by atoms with E-state index < -0.39 is 0 Å². The highest BCUT2D eigenvalue weighted by atomic mass is 32.2. The average molecular weight is 294 g/mol. The quantitative estimate of drug-likeness (QED) is 0.793. The molecule has 6 nitrogen and oxygen atoms in total. The first-order valence-corrected chi connectivity index (χ1v) is 7.97. The number of rotatable bonds is 7. The number of thioether (sulfide) groups is 1. The summed E-state index contributed by atoms with van der Waals surface area (Å²) in [5.41, 5.74) is 6.72. The predicted octanol–water partition coefficient (Wildman–Crippen LogP) is 2.22. The summed E-state index contributed by atoms with van der Waals surface area (Å²) in [5.74, 6) is 1.63. The van der Waals surface area contributed by atoms with Crippen molar-refractivity contribution in [1.29, 1.82) is 0 Å². The van der Waals surface area contributed by atoms with Crippen LogP contribution in [0.5, 0.6) is 0 Å². The molecule has 0 aliphatic rings. The number of hydrogen-bond acceptors (Lipinski definition) is 5. The molecule has 2 aromatic rings. The van der Waals surface area contributed by atoms with E-state index in [1.54, 1.807) is 11.8 Å². The molecule has 2 aromatic heterocycles. The van der Waals surface area contributed by atoms with Gasteiger partial charge in [0.25, 0.3) is 0 Å². The first-order chi connectivity index (χ1) is 9.69. The van der Waals surface area contributed by atoms with Gasteiger partial charge in [0, 0.05) is 24.5 Å². The Kier molecular flexibility index (Phi) is 5.19. The lowest BCUT2D eigenvalue weighted by Gasteiger charge is -2.08. The predicted molar refractivity (Wildman–Crippen MR) is 80.4 cm³/mol. The van der Waals surface area contributed by atoms with Gasteiger partial charge in [-0.25, -0.2) is 0 Å². The largest absolute Gasteiger partial charge is 0.324 e. The molecule has 2 heterocycles. The number of hydrogen-bond donors (Lipinski definition) is 1. The zero-order valence-corrected chi connectivity index (χ0v) is 13.1. The Morgan fingerprint density at radius 2 is 2.15 bits per heavy atom. The number of nitrogens with zero attached hydrogens (tertiary/aromatic N) is 5. The fourth-order valence-corrected chi connectivity index (χ4v) is 2.84. The first-order valence-electron chi connectivity index (χ1n) is 6.98. The van der Waals surface area contributed by atoms with Crippen LogP contribution in [-0.2, 0) is 18.8 Å². The fourth-order valence-electron chi connectivity index (χ4n) is 1.92. The van der Waals surface area contributed by atoms with Gasteiger partial charge in [-0.1, -0.05) is 18.7 Å². The van der Waals surface area contributed by atoms with Crippen molar-refractivity contribution in [3.63, 3.8) is 0 Å². The van der Waals surface area contributed by atoms with Crippen molar-refractivity contribution in [1.82, 2.24) is 24.5 Å². The van der Waals surface area contributed by atoms with Gasteiger partial charge in [-0.05, 0) is 26.3 Å². The van der Waals surface area contributed by atoms with Gasteiger partial charge in [-0.2, -0.15) is 5.10 Å². The molecule has 2 rings (SSSR count). The molecule has 0 aromatic carbocycles. The van der Waals surface area contributed by atoms with Crippen LogP contribution in [0.15, 0.2) is 17.4 Å². The van der Waals surface area contributed by atoms with Crippen LogP contribution < -0.4 is 5.73 Å². The van der Waals surface area contributed by atoms with Crippen molar-refractivity contribution >= 4 is 11.8 Å². The van der Waals surface area contributed by atoms with Crippen LogP contribution in [0.3, 0.4) is 0 Å². The highest BCUT2D eigenvalue weighted by Gasteiger charge is 2.11. The number of aromatic nitrogens is 5. The summed E-state index contributed by atoms with van der Waals surface area (Å²) in [7, 11) is 0. The van der Waals surface area contributed by atoms with Gasteiger partial charge < -0.3 is 10.3 Å². The SMILES string of the molecule is CCC(C)n1ccc(CSc2nnc(CN)n2CC)n1. The monoisotopic (exact) mass is 294 g/mol. The van der Waals surface area contributed by atoms with Crippen LogP contribution in [0, 0.1) is 0 Å². The minimum Gasteiger partial charge on any atom is -0.324 e. The van der Waals surface area contributed by atoms with Crippen LogP contribution in [0.25, 0.3) is 0 Å². The second-order valence-electron chi connectivity index (χ2n) is 4.68. The third-order valence-electron chi connectivity index (χ3n) is 3.35. The molecule has 0 spiro atoms. The van der Waals surface area contributed by atoms with Crippen molar-refractivity contribution in [2.75, 3.05) is 0 Å². The first kappa shape index (κ1) is 15.1. The zero-order valence-electron chi connectivity index (χ0n) is 12.3. The molecule has 110 valence electrons. The molecule has 1 atom stereocenters. The standard InChI is InChI=1S/C13H22N6S/c1-4-10(3)19-7-6-11(17-19)9-20-13-16-15-12(8-14)18(13)5-2/h6-7,10H,4-5,8-9,14H2,1-3H3. The van der Waals surface area contributed by atoms with Crippen LogP contribution in [0.4, 0.5) is 0 Å². The van der Waals surface area contributed by atoms with Gasteiger partial charge >= 0.3 is 0 Å². The van der Waals surface area contributed by atoms with E-state index in [1.807, 2.05) is 10.9 Å². The van der Waals surface area contributed by atoms with Crippen LogP contribution >= 0.6 is 11.8 Å². The highest BCUT2D eigenvalue weighted by molar-refractivity contribution is 7.98. The van der Waals surface area contributed by atoms with Gasteiger partial charge in [0.05, 0.1) is 12.2 Å². The summed E-state index contributed by atoms with van der Waals surface area (Å²) in [5, 5.41) is 13.8. The minimum atomic E-state index is 0.421. The lowest BCUT2D eigenvalue weighted by molar-refractivity contribution is 0.475. The van der Waals surface area contributed by atoms with E-state index in [9.17, 15) is 0 Å². The third kappa shape index (κ3) is 3.21. The van der Waals surface area contributed by atoms with E-state index in [-0.39, 0.29) is 0 Å². The Balaban J connectivity index is 2.02. The Labute approximate surface area is 123 Å². The van der Waals surface area contributed by atoms with Gasteiger partial charge in [0.15, 0.2) is 5.16 Å². The van der Waals surface area contributed by atoms with Crippen molar-refractivity contribution in [2.24, 2.45) is 5.73 Å². The van der Waals surface area contributed by atoms with E-state index in [0.717, 1.165) is 35.4 Å². The maximum Gasteiger partial charge on any atom is 0.191 e. The van der Waals surface area contributed by atoms with Crippen LogP contribution in [0.1, 0.15) is 44.8 Å². The molecule has 0 bridgehead atoms. The molecule has 0 saturated heterocycles. The molecule has 7 heteroatoms. The zero-order chi connectivity index (χ0) is 14.5. The molecular weight excluding hydrogens is 272 g/mol. The smallest absolute Gasteiger partial charge is 0.191 e. The molecule has 0 amide bonds. The molecule has 20 heavy (non-hydrogen) atoms. The van der Waals surface area contributed by atoms with Crippen molar-refractivity contribution in [3.8, 4) is 0 Å². The van der Waals surface area contributed by atoms with E-state index >= 15 is 0 Å². The van der Waals surface area contributed by atoms with Gasteiger partial charge in [-0.15, -0.1) is 10.2 Å². The molecule has 0 radical (unpaired) electrons. The highest BCUT2D eigenvalue weighted by Crippen LogP contribution is 2.21. The molecular formula is C13H22N6S. The topological polar surface area (TPSA) is 74.6 Å². The molecule has 0 saturated carbocycles. The minimum absolute atomic E-state index is 0.421. The molecule has 2 N–H and O–H groups in total. The van der Waals surface area contributed by atoms with E-state index in [1.165, 1.54) is 0 Å². The van der Waals surface area contributed by atoms with Crippen molar-refractivity contribution in [3.05, 3.63) is 23.8 Å². The number of nitrogens with two attached hydrogens (primary N) is 1. The Hall–Kier alpha value is -1.34. The molecule has 1 unspecified atom stereocenters. The summed E-state index contributed by atoms with van der Waals surface area (Å²) in [6.07, 6.45) is 3.12. The van der Waals surface area contributed by atoms with Crippen LogP contribution in [0.2, 0.25) is 0 Å². The summed E-state index contributed by atoms with van der Waals surface area (Å²) < 4.78 is 4.07. The van der Waals surface area contributed by atoms with Gasteiger partial charge in [0.2, 0.25) is 0 Å². The normalized spacial score (nSPS) is 12.8. The second-order valence-corrected chi connectivity index (χ2v) is 5.62. The lowest BCUT2D eigenvalue weighted by Crippen LogP contribution is -2.08. The van der Waals surface area contributed by atoms with Gasteiger partial charge in [-0.3, -0.25) is 4.68 Å². The van der Waals surface area contributed by atoms with Crippen molar-refractivity contribution < 1.29 is 0 Å². The van der Waals surface area contributed by atoms with E-state index in [0.29, 0.717) is 12.6 Å². The molecule has 0 aliphatic heterocycles. The maximum absolute atomic E-state index is 5.65. The van der Waals surface area contributed by atoms with E-state index in [2.05, 4.69) is 46.7 Å². The van der Waals surface area contributed by atoms with Crippen LogP contribution in [-0.4, -0.2) is 24.5 Å². The summed E-state index contributed by atoms with van der Waals surface area (Å²) in [6.45, 7) is 7.67. The summed E-state index contributed by atoms with van der Waals surface area (Å²) in [6, 6.07) is 2.51. The second kappa shape index (κ2) is 6.90. The lowest BCUT2D eigenvalue weighted by atomic mass is 10.3. The Morgan fingerprint density at radius 3 is 2.80 bits per heavy atom. The molecule has 0 fully saturated rings. The van der Waals surface area contributed by atoms with E-state index in [4.69, 9.17) is 5.73 Å². The maximum atomic E-state index is 5.65. The third-order valence-corrected chi connectivity index (χ3v) is 4.35. The molecule has 0 aliphatic carbocycles. The Morgan fingerprint density at radius 1 is 1.35 bits per heavy atom. The van der Waals surface area contributed by atoms with Gasteiger partial charge in [0.1, 0.15) is 5.82 Å². The summed E-state index contributed by atoms with van der Waals surface area (Å²) >= 11 is 1.65. The Bertz CT molecular complexity index is 547. The summed E-state index contributed by atoms with van der Waals surface area (Å²) in [4.78, 5) is 0. The fraction of sp³-hybridized carbons (Fsp3) is 0.615. The van der Waals surface area contributed by atoms with Crippen molar-refractivity contribution in [2.45, 2.75) is 57.2 Å². The average Bonchev–Trinajstić information content (AvgIpc) is 3.10.